The second-order valence-corrected chi connectivity index (χ2v) is 5.24. The molecule has 0 unspecified atom stereocenters. The number of benzene rings is 1. The Bertz CT molecular complexity index is 454. The standard InChI is InChI=1S/C16H26ClN3O3/c1-18-16(19-8-10-22-13-12-21-3)20(2)9-11-23-15-6-4-14(17)5-7-15/h4-7H,8-13H2,1-3H3,(H,18,19). The monoisotopic (exact) mass is 343 g/mol. The number of likely N-dealkylation sites (N-methyl/N-ethyl adjacent to an activating group) is 1. The van der Waals surface area contributed by atoms with Crippen LogP contribution in [0.15, 0.2) is 29.3 Å². The topological polar surface area (TPSA) is 55.3 Å². The van der Waals surface area contributed by atoms with Crippen molar-refractivity contribution in [3.05, 3.63) is 29.3 Å². The van der Waals surface area contributed by atoms with Gasteiger partial charge in [-0.15, -0.1) is 0 Å². The van der Waals surface area contributed by atoms with Crippen molar-refractivity contribution >= 4 is 17.6 Å². The fourth-order valence-corrected chi connectivity index (χ4v) is 1.93. The third-order valence-corrected chi connectivity index (χ3v) is 3.30. The first-order valence-corrected chi connectivity index (χ1v) is 7.92. The molecule has 1 N–H and O–H groups in total. The molecule has 0 atom stereocenters. The van der Waals surface area contributed by atoms with Crippen LogP contribution >= 0.6 is 11.6 Å². The molecule has 0 amide bonds. The van der Waals surface area contributed by atoms with Crippen LogP contribution in [0.1, 0.15) is 0 Å². The van der Waals surface area contributed by atoms with Crippen molar-refractivity contribution in [2.24, 2.45) is 4.99 Å². The Balaban J connectivity index is 2.20. The van der Waals surface area contributed by atoms with Gasteiger partial charge in [0.1, 0.15) is 12.4 Å². The summed E-state index contributed by atoms with van der Waals surface area (Å²) in [5.41, 5.74) is 0. The van der Waals surface area contributed by atoms with Gasteiger partial charge >= 0.3 is 0 Å². The molecule has 0 fully saturated rings. The van der Waals surface area contributed by atoms with Crippen LogP contribution in [0.5, 0.6) is 5.75 Å². The summed E-state index contributed by atoms with van der Waals surface area (Å²) in [6.07, 6.45) is 0. The molecular formula is C16H26ClN3O3. The van der Waals surface area contributed by atoms with Crippen molar-refractivity contribution in [3.8, 4) is 5.75 Å². The van der Waals surface area contributed by atoms with E-state index < -0.39 is 0 Å². The first kappa shape index (κ1) is 19.5. The SMILES string of the molecule is CN=C(NCCOCCOC)N(C)CCOc1ccc(Cl)cc1. The van der Waals surface area contributed by atoms with Gasteiger partial charge in [-0.3, -0.25) is 4.99 Å². The highest BCUT2D eigenvalue weighted by atomic mass is 35.5. The maximum Gasteiger partial charge on any atom is 0.193 e. The number of methoxy groups -OCH3 is 1. The largest absolute Gasteiger partial charge is 0.492 e. The molecule has 7 heteroatoms. The van der Waals surface area contributed by atoms with E-state index in [0.29, 0.717) is 44.5 Å². The molecule has 0 radical (unpaired) electrons. The van der Waals surface area contributed by atoms with Crippen LogP contribution in [-0.2, 0) is 9.47 Å². The lowest BCUT2D eigenvalue weighted by Gasteiger charge is -2.22. The molecule has 0 aliphatic rings. The predicted molar refractivity (Wildman–Crippen MR) is 93.6 cm³/mol. The third-order valence-electron chi connectivity index (χ3n) is 3.04. The zero-order valence-electron chi connectivity index (χ0n) is 14.0. The van der Waals surface area contributed by atoms with Gasteiger partial charge in [0.15, 0.2) is 5.96 Å². The Morgan fingerprint density at radius 1 is 1.17 bits per heavy atom. The molecule has 0 aromatic heterocycles. The zero-order chi connectivity index (χ0) is 16.9. The average molecular weight is 344 g/mol. The van der Waals surface area contributed by atoms with Gasteiger partial charge < -0.3 is 24.4 Å². The lowest BCUT2D eigenvalue weighted by atomic mass is 10.3. The number of hydrogen-bond acceptors (Lipinski definition) is 4. The summed E-state index contributed by atoms with van der Waals surface area (Å²) in [6, 6.07) is 7.33. The summed E-state index contributed by atoms with van der Waals surface area (Å²) in [4.78, 5) is 6.24. The average Bonchev–Trinajstić information content (AvgIpc) is 2.56. The normalized spacial score (nSPS) is 11.4. The molecule has 130 valence electrons. The minimum Gasteiger partial charge on any atom is -0.492 e. The molecule has 6 nitrogen and oxygen atoms in total. The van der Waals surface area contributed by atoms with Gasteiger partial charge in [-0.05, 0) is 24.3 Å². The summed E-state index contributed by atoms with van der Waals surface area (Å²) >= 11 is 5.84. The van der Waals surface area contributed by atoms with E-state index in [1.54, 1.807) is 14.2 Å². The number of aliphatic imine (C=N–C) groups is 1. The second-order valence-electron chi connectivity index (χ2n) is 4.80. The van der Waals surface area contributed by atoms with E-state index in [0.717, 1.165) is 11.7 Å². The van der Waals surface area contributed by atoms with E-state index in [4.69, 9.17) is 25.8 Å². The number of halogens is 1. The van der Waals surface area contributed by atoms with E-state index >= 15 is 0 Å². The molecule has 0 saturated heterocycles. The Morgan fingerprint density at radius 2 is 1.91 bits per heavy atom. The van der Waals surface area contributed by atoms with Gasteiger partial charge in [-0.25, -0.2) is 0 Å². The Labute approximate surface area is 143 Å². The zero-order valence-corrected chi connectivity index (χ0v) is 14.8. The quantitative estimate of drug-likeness (QED) is 0.399. The first-order valence-electron chi connectivity index (χ1n) is 7.54. The predicted octanol–water partition coefficient (Wildman–Crippen LogP) is 1.89. The van der Waals surface area contributed by atoms with E-state index in [-0.39, 0.29) is 0 Å². The van der Waals surface area contributed by atoms with Crippen molar-refractivity contribution in [3.63, 3.8) is 0 Å². The molecule has 23 heavy (non-hydrogen) atoms. The molecule has 0 heterocycles. The molecule has 0 aliphatic heterocycles. The Morgan fingerprint density at radius 3 is 2.57 bits per heavy atom. The van der Waals surface area contributed by atoms with Crippen molar-refractivity contribution in [2.75, 3.05) is 60.7 Å². The van der Waals surface area contributed by atoms with E-state index in [1.807, 2.05) is 36.2 Å². The van der Waals surface area contributed by atoms with Gasteiger partial charge in [-0.1, -0.05) is 11.6 Å². The highest BCUT2D eigenvalue weighted by molar-refractivity contribution is 6.30. The summed E-state index contributed by atoms with van der Waals surface area (Å²) in [7, 11) is 5.38. The summed E-state index contributed by atoms with van der Waals surface area (Å²) in [5.74, 6) is 1.61. The molecule has 0 bridgehead atoms. The molecule has 1 rings (SSSR count). The van der Waals surface area contributed by atoms with Crippen molar-refractivity contribution in [1.29, 1.82) is 0 Å². The highest BCUT2D eigenvalue weighted by Gasteiger charge is 2.05. The fourth-order valence-electron chi connectivity index (χ4n) is 1.80. The summed E-state index contributed by atoms with van der Waals surface area (Å²) in [5, 5.41) is 3.94. The molecule has 1 aromatic carbocycles. The van der Waals surface area contributed by atoms with Gasteiger partial charge in [0.05, 0.1) is 26.4 Å². The molecule has 0 aliphatic carbocycles. The number of guanidine groups is 1. The van der Waals surface area contributed by atoms with Crippen LogP contribution in [0.3, 0.4) is 0 Å². The lowest BCUT2D eigenvalue weighted by molar-refractivity contribution is 0.0731. The minimum absolute atomic E-state index is 0.559. The first-order chi connectivity index (χ1) is 11.2. The molecule has 0 saturated carbocycles. The van der Waals surface area contributed by atoms with Gasteiger partial charge in [0.2, 0.25) is 0 Å². The summed E-state index contributed by atoms with van der Waals surface area (Å²) in [6.45, 7) is 3.78. The number of ether oxygens (including phenoxy) is 3. The minimum atomic E-state index is 0.559. The Hall–Kier alpha value is -1.50. The molecule has 0 spiro atoms. The number of nitrogens with zero attached hydrogens (tertiary/aromatic N) is 2. The van der Waals surface area contributed by atoms with E-state index in [1.165, 1.54) is 0 Å². The van der Waals surface area contributed by atoms with Gasteiger partial charge in [0, 0.05) is 32.8 Å². The van der Waals surface area contributed by atoms with Crippen LogP contribution < -0.4 is 10.1 Å². The van der Waals surface area contributed by atoms with Crippen LogP contribution in [0.2, 0.25) is 5.02 Å². The maximum atomic E-state index is 5.84. The van der Waals surface area contributed by atoms with E-state index in [9.17, 15) is 0 Å². The third kappa shape index (κ3) is 8.64. The number of rotatable bonds is 10. The van der Waals surface area contributed by atoms with Crippen LogP contribution in [0.4, 0.5) is 0 Å². The number of nitrogens with one attached hydrogen (secondary N) is 1. The number of hydrogen-bond donors (Lipinski definition) is 1. The van der Waals surface area contributed by atoms with E-state index in [2.05, 4.69) is 10.3 Å². The fraction of sp³-hybridized carbons (Fsp3) is 0.562. The van der Waals surface area contributed by atoms with Crippen LogP contribution in [0.25, 0.3) is 0 Å². The Kier molecular flexibility index (Phi) is 10.2. The highest BCUT2D eigenvalue weighted by Crippen LogP contribution is 2.15. The second kappa shape index (κ2) is 12.0. The van der Waals surface area contributed by atoms with Gasteiger partial charge in [-0.2, -0.15) is 0 Å². The molecular weight excluding hydrogens is 318 g/mol. The molecule has 1 aromatic rings. The summed E-state index contributed by atoms with van der Waals surface area (Å²) < 4.78 is 16.0. The van der Waals surface area contributed by atoms with Crippen LogP contribution in [0, 0.1) is 0 Å². The van der Waals surface area contributed by atoms with Crippen molar-refractivity contribution < 1.29 is 14.2 Å². The maximum absolute atomic E-state index is 5.84. The van der Waals surface area contributed by atoms with Crippen molar-refractivity contribution in [1.82, 2.24) is 10.2 Å². The van der Waals surface area contributed by atoms with Crippen LogP contribution in [-0.4, -0.2) is 71.6 Å². The van der Waals surface area contributed by atoms with Gasteiger partial charge in [0.25, 0.3) is 0 Å². The lowest BCUT2D eigenvalue weighted by Crippen LogP contribution is -2.42. The van der Waals surface area contributed by atoms with Crippen molar-refractivity contribution in [2.45, 2.75) is 0 Å². The smallest absolute Gasteiger partial charge is 0.193 e.